The molecule has 2 N–H and O–H groups in total. The van der Waals surface area contributed by atoms with Crippen LogP contribution in [0.15, 0.2) is 24.3 Å². The van der Waals surface area contributed by atoms with Gasteiger partial charge in [0.05, 0.1) is 6.10 Å². The van der Waals surface area contributed by atoms with Crippen molar-refractivity contribution in [2.75, 3.05) is 5.32 Å². The molecular weight excluding hydrogens is 150 g/mol. The third-order valence-electron chi connectivity index (χ3n) is 2.41. The summed E-state index contributed by atoms with van der Waals surface area (Å²) in [6.07, 6.45) is 0.518. The number of rotatable bonds is 0. The van der Waals surface area contributed by atoms with Gasteiger partial charge in [-0.3, -0.25) is 0 Å². The molecule has 2 nitrogen and oxygen atoms in total. The molecule has 64 valence electrons. The molecule has 0 fully saturated rings. The molecule has 0 saturated heterocycles. The number of hydrogen-bond acceptors (Lipinski definition) is 2. The zero-order valence-electron chi connectivity index (χ0n) is 7.12. The molecular formula is C10H13NO. The van der Waals surface area contributed by atoms with Crippen molar-refractivity contribution in [1.29, 1.82) is 0 Å². The summed E-state index contributed by atoms with van der Waals surface area (Å²) in [4.78, 5) is 0. The Morgan fingerprint density at radius 1 is 1.42 bits per heavy atom. The molecule has 0 aliphatic carbocycles. The van der Waals surface area contributed by atoms with E-state index >= 15 is 0 Å². The lowest BCUT2D eigenvalue weighted by molar-refractivity contribution is 0.154. The first-order valence-corrected chi connectivity index (χ1v) is 4.30. The predicted molar refractivity (Wildman–Crippen MR) is 49.2 cm³/mol. The monoisotopic (exact) mass is 163 g/mol. The average molecular weight is 163 g/mol. The smallest absolute Gasteiger partial charge is 0.0779 e. The van der Waals surface area contributed by atoms with Gasteiger partial charge in [0.15, 0.2) is 0 Å². The van der Waals surface area contributed by atoms with Gasteiger partial charge in [-0.15, -0.1) is 0 Å². The van der Waals surface area contributed by atoms with Gasteiger partial charge < -0.3 is 10.4 Å². The SMILES string of the molecule is C[C@@H]1Nc2ccccc2C[C@@H]1O. The highest BCUT2D eigenvalue weighted by Crippen LogP contribution is 2.23. The van der Waals surface area contributed by atoms with Crippen LogP contribution in [-0.2, 0) is 6.42 Å². The number of hydrogen-bond donors (Lipinski definition) is 2. The van der Waals surface area contributed by atoms with E-state index in [1.807, 2.05) is 19.1 Å². The topological polar surface area (TPSA) is 32.3 Å². The van der Waals surface area contributed by atoms with Crippen LogP contribution in [0.2, 0.25) is 0 Å². The first-order chi connectivity index (χ1) is 5.77. The molecule has 0 spiro atoms. The maximum Gasteiger partial charge on any atom is 0.0779 e. The fourth-order valence-electron chi connectivity index (χ4n) is 1.58. The quantitative estimate of drug-likeness (QED) is 0.606. The van der Waals surface area contributed by atoms with Crippen LogP contribution in [0.3, 0.4) is 0 Å². The van der Waals surface area contributed by atoms with Crippen molar-refractivity contribution in [3.05, 3.63) is 29.8 Å². The summed E-state index contributed by atoms with van der Waals surface area (Å²) in [6, 6.07) is 8.29. The zero-order chi connectivity index (χ0) is 8.55. The van der Waals surface area contributed by atoms with Crippen molar-refractivity contribution < 1.29 is 5.11 Å². The normalized spacial score (nSPS) is 27.5. The molecule has 2 heteroatoms. The Morgan fingerprint density at radius 2 is 2.17 bits per heavy atom. The molecule has 0 radical (unpaired) electrons. The van der Waals surface area contributed by atoms with Crippen LogP contribution >= 0.6 is 0 Å². The molecule has 0 amide bonds. The van der Waals surface area contributed by atoms with Crippen LogP contribution < -0.4 is 5.32 Å². The lowest BCUT2D eigenvalue weighted by Crippen LogP contribution is -2.36. The maximum atomic E-state index is 9.56. The second kappa shape index (κ2) is 2.79. The standard InChI is InChI=1S/C10H13NO/c1-7-10(12)6-8-4-2-3-5-9(8)11-7/h2-5,7,10-12H,6H2,1H3/t7-,10-/m0/s1. The summed E-state index contributed by atoms with van der Waals surface area (Å²) < 4.78 is 0. The van der Waals surface area contributed by atoms with Crippen molar-refractivity contribution in [3.63, 3.8) is 0 Å². The lowest BCUT2D eigenvalue weighted by atomic mass is 9.97. The molecule has 12 heavy (non-hydrogen) atoms. The van der Waals surface area contributed by atoms with Gasteiger partial charge in [-0.25, -0.2) is 0 Å². The summed E-state index contributed by atoms with van der Waals surface area (Å²) in [7, 11) is 0. The molecule has 0 aromatic heterocycles. The minimum atomic E-state index is -0.250. The van der Waals surface area contributed by atoms with Gasteiger partial charge in [-0.1, -0.05) is 18.2 Å². The van der Waals surface area contributed by atoms with Gasteiger partial charge in [0, 0.05) is 18.2 Å². The molecule has 1 aromatic rings. The Hall–Kier alpha value is -1.02. The Morgan fingerprint density at radius 3 is 3.00 bits per heavy atom. The highest BCUT2D eigenvalue weighted by atomic mass is 16.3. The van der Waals surface area contributed by atoms with E-state index in [1.165, 1.54) is 5.56 Å². The van der Waals surface area contributed by atoms with E-state index in [0.29, 0.717) is 0 Å². The van der Waals surface area contributed by atoms with Crippen LogP contribution in [0.5, 0.6) is 0 Å². The molecule has 1 aromatic carbocycles. The lowest BCUT2D eigenvalue weighted by Gasteiger charge is -2.28. The van der Waals surface area contributed by atoms with E-state index in [9.17, 15) is 5.11 Å². The van der Waals surface area contributed by atoms with Gasteiger partial charge in [-0.05, 0) is 18.6 Å². The molecule has 1 heterocycles. The first-order valence-electron chi connectivity index (χ1n) is 4.30. The molecule has 2 rings (SSSR count). The number of fused-ring (bicyclic) bond motifs is 1. The minimum absolute atomic E-state index is 0.167. The third kappa shape index (κ3) is 1.18. The van der Waals surface area contributed by atoms with Gasteiger partial charge in [0.1, 0.15) is 0 Å². The summed E-state index contributed by atoms with van der Waals surface area (Å²) in [6.45, 7) is 2.00. The summed E-state index contributed by atoms with van der Waals surface area (Å²) in [5.41, 5.74) is 2.37. The van der Waals surface area contributed by atoms with E-state index in [-0.39, 0.29) is 12.1 Å². The Balaban J connectivity index is 2.34. The van der Waals surface area contributed by atoms with Crippen molar-refractivity contribution in [2.24, 2.45) is 0 Å². The number of benzene rings is 1. The molecule has 1 aliphatic rings. The second-order valence-electron chi connectivity index (χ2n) is 3.36. The largest absolute Gasteiger partial charge is 0.391 e. The van der Waals surface area contributed by atoms with E-state index in [4.69, 9.17) is 0 Å². The molecule has 0 bridgehead atoms. The fourth-order valence-corrected chi connectivity index (χ4v) is 1.58. The van der Waals surface area contributed by atoms with E-state index in [2.05, 4.69) is 17.4 Å². The molecule has 2 atom stereocenters. The maximum absolute atomic E-state index is 9.56. The van der Waals surface area contributed by atoms with Gasteiger partial charge in [0.2, 0.25) is 0 Å². The number of para-hydroxylation sites is 1. The molecule has 0 unspecified atom stereocenters. The van der Waals surface area contributed by atoms with Crippen LogP contribution in [0.25, 0.3) is 0 Å². The minimum Gasteiger partial charge on any atom is -0.391 e. The molecule has 1 aliphatic heterocycles. The highest BCUT2D eigenvalue weighted by Gasteiger charge is 2.21. The number of nitrogens with one attached hydrogen (secondary N) is 1. The van der Waals surface area contributed by atoms with E-state index in [1.54, 1.807) is 0 Å². The summed E-state index contributed by atoms with van der Waals surface area (Å²) >= 11 is 0. The number of anilines is 1. The van der Waals surface area contributed by atoms with Crippen molar-refractivity contribution in [2.45, 2.75) is 25.5 Å². The van der Waals surface area contributed by atoms with Crippen molar-refractivity contribution in [3.8, 4) is 0 Å². The summed E-state index contributed by atoms with van der Waals surface area (Å²) in [5, 5.41) is 12.8. The van der Waals surface area contributed by atoms with Crippen molar-refractivity contribution >= 4 is 5.69 Å². The van der Waals surface area contributed by atoms with E-state index in [0.717, 1.165) is 12.1 Å². The van der Waals surface area contributed by atoms with Gasteiger partial charge >= 0.3 is 0 Å². The third-order valence-corrected chi connectivity index (χ3v) is 2.41. The fraction of sp³-hybridized carbons (Fsp3) is 0.400. The Labute approximate surface area is 72.2 Å². The van der Waals surface area contributed by atoms with Gasteiger partial charge in [0.25, 0.3) is 0 Å². The van der Waals surface area contributed by atoms with Gasteiger partial charge in [-0.2, -0.15) is 0 Å². The Kier molecular flexibility index (Phi) is 1.77. The first kappa shape index (κ1) is 7.62. The van der Waals surface area contributed by atoms with Crippen LogP contribution in [0, 0.1) is 0 Å². The van der Waals surface area contributed by atoms with E-state index < -0.39 is 0 Å². The highest BCUT2D eigenvalue weighted by molar-refractivity contribution is 5.54. The van der Waals surface area contributed by atoms with Crippen LogP contribution in [0.4, 0.5) is 5.69 Å². The Bertz CT molecular complexity index is 256. The van der Waals surface area contributed by atoms with Crippen LogP contribution in [-0.4, -0.2) is 17.3 Å². The zero-order valence-corrected chi connectivity index (χ0v) is 7.12. The van der Waals surface area contributed by atoms with Crippen LogP contribution in [0.1, 0.15) is 12.5 Å². The average Bonchev–Trinajstić information content (AvgIpc) is 2.07. The number of aliphatic hydroxyl groups is 1. The number of aliphatic hydroxyl groups excluding tert-OH is 1. The van der Waals surface area contributed by atoms with Crippen molar-refractivity contribution in [1.82, 2.24) is 0 Å². The molecule has 0 saturated carbocycles. The summed E-state index contributed by atoms with van der Waals surface area (Å²) in [5.74, 6) is 0. The second-order valence-corrected chi connectivity index (χ2v) is 3.36. The predicted octanol–water partition coefficient (Wildman–Crippen LogP) is 1.40.